The quantitative estimate of drug-likeness (QED) is 0.916. The van der Waals surface area contributed by atoms with E-state index >= 15 is 0 Å². The van der Waals surface area contributed by atoms with E-state index in [0.717, 1.165) is 6.42 Å². The van der Waals surface area contributed by atoms with Gasteiger partial charge >= 0.3 is 0 Å². The highest BCUT2D eigenvalue weighted by Gasteiger charge is 2.35. The Balaban J connectivity index is 2.00. The first kappa shape index (κ1) is 14.8. The Morgan fingerprint density at radius 3 is 3.05 bits per heavy atom. The van der Waals surface area contributed by atoms with Crippen molar-refractivity contribution >= 4 is 38.9 Å². The molecular formula is C15H15ClFNO2S. The maximum Gasteiger partial charge on any atom is 0.265 e. The lowest BCUT2D eigenvalue weighted by Crippen LogP contribution is -2.39. The predicted octanol–water partition coefficient (Wildman–Crippen LogP) is 3.54. The summed E-state index contributed by atoms with van der Waals surface area (Å²) in [7, 11) is 0. The number of aliphatic hydroxyl groups excluding tert-OH is 1. The number of benzene rings is 1. The van der Waals surface area contributed by atoms with Crippen LogP contribution in [0.25, 0.3) is 10.1 Å². The summed E-state index contributed by atoms with van der Waals surface area (Å²) in [4.78, 5) is 14.8. The number of fused-ring (bicyclic) bond motifs is 1. The molecule has 6 heteroatoms. The third kappa shape index (κ3) is 2.43. The largest absolute Gasteiger partial charge is 0.394 e. The maximum atomic E-state index is 13.3. The summed E-state index contributed by atoms with van der Waals surface area (Å²) < 4.78 is 13.9. The summed E-state index contributed by atoms with van der Waals surface area (Å²) in [6.07, 6.45) is 0.869. The second-order valence-corrected chi connectivity index (χ2v) is 6.83. The monoisotopic (exact) mass is 327 g/mol. The van der Waals surface area contributed by atoms with Crippen molar-refractivity contribution in [3.05, 3.63) is 33.9 Å². The van der Waals surface area contributed by atoms with Crippen molar-refractivity contribution in [3.8, 4) is 0 Å². The van der Waals surface area contributed by atoms with Crippen LogP contribution in [-0.4, -0.2) is 35.1 Å². The molecule has 112 valence electrons. The summed E-state index contributed by atoms with van der Waals surface area (Å²) in [5, 5.41) is 10.5. The van der Waals surface area contributed by atoms with E-state index in [2.05, 4.69) is 0 Å². The molecule has 1 amide bonds. The molecule has 1 saturated heterocycles. The second kappa shape index (κ2) is 5.55. The van der Waals surface area contributed by atoms with Crippen molar-refractivity contribution in [1.82, 2.24) is 4.90 Å². The van der Waals surface area contributed by atoms with Gasteiger partial charge in [0.2, 0.25) is 0 Å². The Morgan fingerprint density at radius 1 is 1.57 bits per heavy atom. The van der Waals surface area contributed by atoms with Gasteiger partial charge in [0.15, 0.2) is 0 Å². The fraction of sp³-hybridized carbons (Fsp3) is 0.400. The number of rotatable bonds is 2. The number of aliphatic hydroxyl groups is 1. The smallest absolute Gasteiger partial charge is 0.265 e. The lowest BCUT2D eigenvalue weighted by Gasteiger charge is -2.24. The van der Waals surface area contributed by atoms with Crippen LogP contribution in [0.4, 0.5) is 4.39 Å². The fourth-order valence-corrected chi connectivity index (χ4v) is 4.34. The second-order valence-electron chi connectivity index (χ2n) is 5.40. The first-order chi connectivity index (χ1) is 10.0. The van der Waals surface area contributed by atoms with E-state index in [1.54, 1.807) is 11.0 Å². The van der Waals surface area contributed by atoms with Crippen LogP contribution in [0.15, 0.2) is 18.2 Å². The Kier molecular flexibility index (Phi) is 3.90. The molecule has 0 radical (unpaired) electrons. The van der Waals surface area contributed by atoms with Gasteiger partial charge in [-0.1, -0.05) is 18.5 Å². The molecule has 3 rings (SSSR count). The minimum Gasteiger partial charge on any atom is -0.394 e. The van der Waals surface area contributed by atoms with E-state index in [9.17, 15) is 14.3 Å². The van der Waals surface area contributed by atoms with Gasteiger partial charge in [0.25, 0.3) is 5.91 Å². The Labute approximate surface area is 130 Å². The van der Waals surface area contributed by atoms with Crippen LogP contribution in [0, 0.1) is 11.7 Å². The molecule has 1 aromatic heterocycles. The zero-order valence-corrected chi connectivity index (χ0v) is 13.0. The van der Waals surface area contributed by atoms with Crippen LogP contribution in [0.3, 0.4) is 0 Å². The summed E-state index contributed by atoms with van der Waals surface area (Å²) >= 11 is 7.49. The van der Waals surface area contributed by atoms with Gasteiger partial charge in [0, 0.05) is 16.6 Å². The Hall–Kier alpha value is -1.17. The summed E-state index contributed by atoms with van der Waals surface area (Å²) in [5.41, 5.74) is 0. The molecule has 2 atom stereocenters. The van der Waals surface area contributed by atoms with Gasteiger partial charge in [-0.15, -0.1) is 11.3 Å². The van der Waals surface area contributed by atoms with Gasteiger partial charge in [-0.25, -0.2) is 4.39 Å². The topological polar surface area (TPSA) is 40.5 Å². The van der Waals surface area contributed by atoms with Crippen molar-refractivity contribution in [2.75, 3.05) is 13.2 Å². The van der Waals surface area contributed by atoms with Gasteiger partial charge in [-0.05, 0) is 30.5 Å². The molecule has 1 aliphatic rings. The van der Waals surface area contributed by atoms with Crippen molar-refractivity contribution in [3.63, 3.8) is 0 Å². The molecule has 2 aromatic rings. The Bertz CT molecular complexity index is 702. The van der Waals surface area contributed by atoms with Crippen molar-refractivity contribution in [1.29, 1.82) is 0 Å². The van der Waals surface area contributed by atoms with Crippen LogP contribution < -0.4 is 0 Å². The van der Waals surface area contributed by atoms with Gasteiger partial charge in [0.05, 0.1) is 17.7 Å². The van der Waals surface area contributed by atoms with Gasteiger partial charge in [-0.2, -0.15) is 0 Å². The average Bonchev–Trinajstić information content (AvgIpc) is 2.98. The normalized spacial score (nSPS) is 22.2. The molecule has 21 heavy (non-hydrogen) atoms. The van der Waals surface area contributed by atoms with Crippen molar-refractivity contribution in [2.45, 2.75) is 19.4 Å². The molecule has 2 unspecified atom stereocenters. The lowest BCUT2D eigenvalue weighted by molar-refractivity contribution is 0.0653. The average molecular weight is 328 g/mol. The van der Waals surface area contributed by atoms with Gasteiger partial charge in [-0.3, -0.25) is 4.79 Å². The number of halogens is 2. The van der Waals surface area contributed by atoms with E-state index in [1.807, 2.05) is 6.92 Å². The first-order valence-corrected chi connectivity index (χ1v) is 8.01. The SMILES string of the molecule is CC1CCN(C(=O)c2sc3cc(F)ccc3c2Cl)C1CO. The number of amides is 1. The molecule has 1 fully saturated rings. The molecule has 1 aromatic carbocycles. The molecule has 0 saturated carbocycles. The standard InChI is InChI=1S/C15H15ClFNO2S/c1-8-4-5-18(11(8)7-19)15(20)14-13(16)10-3-2-9(17)6-12(10)21-14/h2-3,6,8,11,19H,4-5,7H2,1H3. The third-order valence-corrected chi connectivity index (χ3v) is 5.76. The van der Waals surface area contributed by atoms with Crippen molar-refractivity contribution < 1.29 is 14.3 Å². The predicted molar refractivity (Wildman–Crippen MR) is 82.5 cm³/mol. The molecular weight excluding hydrogens is 313 g/mol. The van der Waals surface area contributed by atoms with Crippen LogP contribution in [0.5, 0.6) is 0 Å². The van der Waals surface area contributed by atoms with Crippen LogP contribution in [0.2, 0.25) is 5.02 Å². The van der Waals surface area contributed by atoms with Crippen LogP contribution in [-0.2, 0) is 0 Å². The summed E-state index contributed by atoms with van der Waals surface area (Å²) in [6.45, 7) is 2.59. The van der Waals surface area contributed by atoms with E-state index in [4.69, 9.17) is 11.6 Å². The molecule has 3 nitrogen and oxygen atoms in total. The van der Waals surface area contributed by atoms with Gasteiger partial charge < -0.3 is 10.0 Å². The minimum absolute atomic E-state index is 0.0515. The van der Waals surface area contributed by atoms with Crippen LogP contribution >= 0.6 is 22.9 Å². The number of thiophene rings is 1. The number of carbonyl (C=O) groups is 1. The summed E-state index contributed by atoms with van der Waals surface area (Å²) in [6, 6.07) is 4.15. The Morgan fingerprint density at radius 2 is 2.33 bits per heavy atom. The van der Waals surface area contributed by atoms with Crippen molar-refractivity contribution in [2.24, 2.45) is 5.92 Å². The maximum absolute atomic E-state index is 13.3. The molecule has 0 spiro atoms. The summed E-state index contributed by atoms with van der Waals surface area (Å²) in [5.74, 6) is -0.253. The number of carbonyl (C=O) groups excluding carboxylic acids is 1. The van der Waals surface area contributed by atoms with E-state index in [-0.39, 0.29) is 30.3 Å². The number of nitrogens with zero attached hydrogens (tertiary/aromatic N) is 1. The first-order valence-electron chi connectivity index (χ1n) is 6.82. The molecule has 1 N–H and O–H groups in total. The number of hydrogen-bond acceptors (Lipinski definition) is 3. The fourth-order valence-electron chi connectivity index (χ4n) is 2.85. The number of hydrogen-bond donors (Lipinski definition) is 1. The van der Waals surface area contributed by atoms with E-state index in [1.165, 1.54) is 23.5 Å². The highest BCUT2D eigenvalue weighted by atomic mass is 35.5. The molecule has 1 aliphatic heterocycles. The zero-order valence-electron chi connectivity index (χ0n) is 11.5. The van der Waals surface area contributed by atoms with E-state index < -0.39 is 0 Å². The van der Waals surface area contributed by atoms with E-state index in [0.29, 0.717) is 26.5 Å². The lowest BCUT2D eigenvalue weighted by atomic mass is 10.0. The van der Waals surface area contributed by atoms with Gasteiger partial charge in [0.1, 0.15) is 10.7 Å². The molecule has 0 bridgehead atoms. The molecule has 2 heterocycles. The number of likely N-dealkylation sites (tertiary alicyclic amines) is 1. The van der Waals surface area contributed by atoms with Crippen LogP contribution in [0.1, 0.15) is 23.0 Å². The highest BCUT2D eigenvalue weighted by Crippen LogP contribution is 2.38. The zero-order chi connectivity index (χ0) is 15.1. The highest BCUT2D eigenvalue weighted by molar-refractivity contribution is 7.21. The molecule has 0 aliphatic carbocycles. The third-order valence-electron chi connectivity index (χ3n) is 4.12. The minimum atomic E-state index is -0.345.